The number of hydrogen-bond acceptors (Lipinski definition) is 8. The zero-order valence-electron chi connectivity index (χ0n) is 20.5. The maximum Gasteiger partial charge on any atom is 0.119 e. The van der Waals surface area contributed by atoms with Crippen LogP contribution in [0.1, 0.15) is 34.6 Å². The van der Waals surface area contributed by atoms with Gasteiger partial charge in [0.1, 0.15) is 46.0 Å². The second-order valence-corrected chi connectivity index (χ2v) is 9.67. The highest BCUT2D eigenvalue weighted by molar-refractivity contribution is 5.43. The van der Waals surface area contributed by atoms with E-state index in [2.05, 4.69) is 0 Å². The topological polar surface area (TPSA) is 162 Å². The van der Waals surface area contributed by atoms with E-state index in [4.69, 9.17) is 0 Å². The number of hydrogen-bond donors (Lipinski definition) is 8. The van der Waals surface area contributed by atoms with Gasteiger partial charge in [-0.2, -0.15) is 0 Å². The normalized spacial score (nSPS) is 12.7. The molecule has 0 bridgehead atoms. The molecule has 4 rings (SSSR count). The molecule has 4 aromatic rings. The molecule has 198 valence electrons. The first kappa shape index (κ1) is 26.3. The van der Waals surface area contributed by atoms with Gasteiger partial charge in [-0.05, 0) is 108 Å². The van der Waals surface area contributed by atoms with Crippen LogP contribution in [0.5, 0.6) is 46.0 Å². The molecule has 8 N–H and O–H groups in total. The van der Waals surface area contributed by atoms with E-state index in [9.17, 15) is 40.9 Å². The highest BCUT2D eigenvalue weighted by atomic mass is 16.3. The molecule has 8 nitrogen and oxygen atoms in total. The molecule has 0 amide bonds. The molecule has 0 radical (unpaired) electrons. The maximum absolute atomic E-state index is 10.2. The minimum absolute atomic E-state index is 0.0702. The summed E-state index contributed by atoms with van der Waals surface area (Å²) >= 11 is 0. The molecule has 0 heterocycles. The Bertz CT molecular complexity index is 1350. The van der Waals surface area contributed by atoms with Gasteiger partial charge >= 0.3 is 0 Å². The lowest BCUT2D eigenvalue weighted by atomic mass is 9.75. The van der Waals surface area contributed by atoms with E-state index in [1.807, 2.05) is 0 Å². The van der Waals surface area contributed by atoms with E-state index in [0.717, 1.165) is 0 Å². The minimum Gasteiger partial charge on any atom is -0.508 e. The van der Waals surface area contributed by atoms with Crippen molar-refractivity contribution in [2.75, 3.05) is 0 Å². The Labute approximate surface area is 219 Å². The van der Waals surface area contributed by atoms with Crippen LogP contribution in [0.25, 0.3) is 0 Å². The van der Waals surface area contributed by atoms with Crippen LogP contribution in [0, 0.1) is 5.92 Å². The molecule has 0 fully saturated rings. The van der Waals surface area contributed by atoms with Crippen molar-refractivity contribution in [1.29, 1.82) is 0 Å². The first-order valence-electron chi connectivity index (χ1n) is 12.1. The summed E-state index contributed by atoms with van der Waals surface area (Å²) in [5.41, 5.74) is 2.57. The van der Waals surface area contributed by atoms with Crippen LogP contribution in [-0.2, 0) is 19.3 Å². The van der Waals surface area contributed by atoms with Crippen molar-refractivity contribution in [3.8, 4) is 46.0 Å². The van der Waals surface area contributed by atoms with Crippen LogP contribution in [-0.4, -0.2) is 40.9 Å². The van der Waals surface area contributed by atoms with Gasteiger partial charge in [-0.1, -0.05) is 0 Å². The van der Waals surface area contributed by atoms with Gasteiger partial charge in [-0.3, -0.25) is 0 Å². The highest BCUT2D eigenvalue weighted by Crippen LogP contribution is 2.39. The third kappa shape index (κ3) is 6.94. The number of phenolic OH excluding ortho intramolecular Hbond substituents is 8. The Morgan fingerprint density at radius 1 is 0.395 bits per heavy atom. The van der Waals surface area contributed by atoms with Gasteiger partial charge < -0.3 is 40.9 Å². The fraction of sp³-hybridized carbons (Fsp3) is 0.200. The second kappa shape index (κ2) is 11.1. The summed E-state index contributed by atoms with van der Waals surface area (Å²) < 4.78 is 0. The van der Waals surface area contributed by atoms with Gasteiger partial charge in [0.2, 0.25) is 0 Å². The average Bonchev–Trinajstić information content (AvgIpc) is 2.78. The molecule has 4 aromatic carbocycles. The Hall–Kier alpha value is -4.72. The number of rotatable bonds is 9. The van der Waals surface area contributed by atoms with Gasteiger partial charge in [0.15, 0.2) is 0 Å². The van der Waals surface area contributed by atoms with Crippen molar-refractivity contribution in [1.82, 2.24) is 0 Å². The Morgan fingerprint density at radius 2 is 0.737 bits per heavy atom. The summed E-state index contributed by atoms with van der Waals surface area (Å²) in [5.74, 6) is -1.41. The largest absolute Gasteiger partial charge is 0.508 e. The van der Waals surface area contributed by atoms with E-state index < -0.39 is 0 Å². The number of benzene rings is 4. The van der Waals surface area contributed by atoms with Crippen LogP contribution in [0.3, 0.4) is 0 Å². The first-order valence-corrected chi connectivity index (χ1v) is 12.1. The van der Waals surface area contributed by atoms with Crippen LogP contribution in [0.15, 0.2) is 72.8 Å². The van der Waals surface area contributed by atoms with E-state index in [0.29, 0.717) is 47.9 Å². The van der Waals surface area contributed by atoms with Crippen LogP contribution in [0.2, 0.25) is 0 Å². The summed E-state index contributed by atoms with van der Waals surface area (Å²) in [4.78, 5) is 0. The Morgan fingerprint density at radius 3 is 1.16 bits per heavy atom. The van der Waals surface area contributed by atoms with E-state index in [1.54, 1.807) is 36.4 Å². The molecule has 0 saturated carbocycles. The van der Waals surface area contributed by atoms with Crippen molar-refractivity contribution >= 4 is 0 Å². The second-order valence-electron chi connectivity index (χ2n) is 9.67. The van der Waals surface area contributed by atoms with Gasteiger partial charge in [0.05, 0.1) is 0 Å². The van der Waals surface area contributed by atoms with Gasteiger partial charge in [0.25, 0.3) is 0 Å². The summed E-state index contributed by atoms with van der Waals surface area (Å²) in [7, 11) is 0. The van der Waals surface area contributed by atoms with Crippen molar-refractivity contribution in [2.24, 2.45) is 5.92 Å². The van der Waals surface area contributed by atoms with E-state index in [-0.39, 0.29) is 57.8 Å². The number of phenols is 8. The number of aromatic hydroxyl groups is 8. The zero-order chi connectivity index (χ0) is 27.4. The van der Waals surface area contributed by atoms with Crippen LogP contribution < -0.4 is 0 Å². The highest BCUT2D eigenvalue weighted by Gasteiger charge is 2.26. The van der Waals surface area contributed by atoms with Gasteiger partial charge in [-0.15, -0.1) is 0 Å². The Kier molecular flexibility index (Phi) is 7.71. The van der Waals surface area contributed by atoms with Crippen molar-refractivity contribution in [3.05, 3.63) is 95.1 Å². The molecule has 38 heavy (non-hydrogen) atoms. The average molecular weight is 519 g/mol. The lowest BCUT2D eigenvalue weighted by Gasteiger charge is -2.29. The summed E-state index contributed by atoms with van der Waals surface area (Å²) in [5, 5.41) is 80.6. The summed E-state index contributed by atoms with van der Waals surface area (Å²) in [6, 6.07) is 17.3. The standard InChI is InChI=1S/C30H30O8/c31-22-4-17(5-23(32)13-22)1-2-20(3-18-6-24(33)14-25(34)7-18)30(21-11-28(37)16-29(38)12-21)10-19-8-26(35)15-27(36)9-19/h4-9,11-16,20,30-38H,1-3,10H2/t20-,30-/m0/s1. The fourth-order valence-electron chi connectivity index (χ4n) is 5.09. The molecule has 2 atom stereocenters. The van der Waals surface area contributed by atoms with Crippen LogP contribution >= 0.6 is 0 Å². The smallest absolute Gasteiger partial charge is 0.119 e. The quantitative estimate of drug-likeness (QED) is 0.151. The third-order valence-electron chi connectivity index (χ3n) is 6.57. The molecule has 0 aliphatic heterocycles. The molecular formula is C30H30O8. The predicted molar refractivity (Wildman–Crippen MR) is 141 cm³/mol. The molecule has 0 aromatic heterocycles. The van der Waals surface area contributed by atoms with Crippen molar-refractivity contribution < 1.29 is 40.9 Å². The minimum atomic E-state index is -0.371. The Balaban J connectivity index is 1.77. The fourth-order valence-corrected chi connectivity index (χ4v) is 5.09. The van der Waals surface area contributed by atoms with E-state index in [1.165, 1.54) is 36.4 Å². The SMILES string of the molecule is Oc1cc(O)cc(CC[C@@H](Cc2cc(O)cc(O)c2)[C@H](Cc2cc(O)cc(O)c2)c2cc(O)cc(O)c2)c1. The number of aryl methyl sites for hydroxylation is 1. The summed E-state index contributed by atoms with van der Waals surface area (Å²) in [6.45, 7) is 0. The molecular weight excluding hydrogens is 488 g/mol. The predicted octanol–water partition coefficient (Wildman–Crippen LogP) is 5.15. The lowest BCUT2D eigenvalue weighted by Crippen LogP contribution is -2.19. The maximum atomic E-state index is 10.2. The van der Waals surface area contributed by atoms with Crippen molar-refractivity contribution in [3.63, 3.8) is 0 Å². The van der Waals surface area contributed by atoms with Crippen molar-refractivity contribution in [2.45, 2.75) is 31.6 Å². The molecule has 0 aliphatic carbocycles. The van der Waals surface area contributed by atoms with Gasteiger partial charge in [-0.25, -0.2) is 0 Å². The molecule has 0 saturated heterocycles. The first-order chi connectivity index (χ1) is 18.0. The van der Waals surface area contributed by atoms with Gasteiger partial charge in [0, 0.05) is 24.3 Å². The molecule has 0 spiro atoms. The van der Waals surface area contributed by atoms with E-state index >= 15 is 0 Å². The molecule has 0 aliphatic rings. The lowest BCUT2D eigenvalue weighted by molar-refractivity contribution is 0.379. The zero-order valence-corrected chi connectivity index (χ0v) is 20.5. The molecule has 0 unspecified atom stereocenters. The summed E-state index contributed by atoms with van der Waals surface area (Å²) in [6.07, 6.45) is 1.64. The molecule has 8 heteroatoms. The van der Waals surface area contributed by atoms with Crippen LogP contribution in [0.4, 0.5) is 0 Å². The third-order valence-corrected chi connectivity index (χ3v) is 6.57. The monoisotopic (exact) mass is 518 g/mol.